The lowest BCUT2D eigenvalue weighted by Gasteiger charge is -2.35. The lowest BCUT2D eigenvalue weighted by molar-refractivity contribution is -0.142. The molecule has 3 N–H and O–H groups in total. The van der Waals surface area contributed by atoms with Crippen molar-refractivity contribution in [1.82, 2.24) is 25.2 Å². The molecule has 2 aliphatic carbocycles. The topological polar surface area (TPSA) is 181 Å². The smallest absolute Gasteiger partial charge is 0.410 e. The van der Waals surface area contributed by atoms with Gasteiger partial charge in [-0.3, -0.25) is 24.0 Å². The van der Waals surface area contributed by atoms with Crippen molar-refractivity contribution in [3.8, 4) is 0 Å². The number of benzene rings is 1. The number of sulfonamides is 1. The second-order valence-electron chi connectivity index (χ2n) is 16.6. The van der Waals surface area contributed by atoms with E-state index in [0.717, 1.165) is 0 Å². The number of nitrogens with one attached hydrogen (secondary N) is 3. The van der Waals surface area contributed by atoms with Gasteiger partial charge < -0.3 is 25.0 Å². The summed E-state index contributed by atoms with van der Waals surface area (Å²) in [4.78, 5) is 70.7. The molecule has 17 heteroatoms. The quantitative estimate of drug-likeness (QED) is 0.213. The predicted octanol–water partition coefficient (Wildman–Crippen LogP) is 3.40. The minimum atomic E-state index is -3.93. The fourth-order valence-electron chi connectivity index (χ4n) is 6.55. The van der Waals surface area contributed by atoms with Crippen molar-refractivity contribution in [2.24, 2.45) is 11.3 Å². The van der Waals surface area contributed by atoms with Crippen LogP contribution in [0.4, 0.5) is 14.0 Å². The van der Waals surface area contributed by atoms with Gasteiger partial charge in [0.05, 0.1) is 24.9 Å². The number of alkyl carbamates (subject to hydrolysis) is 1. The van der Waals surface area contributed by atoms with E-state index in [2.05, 4.69) is 41.6 Å². The fraction of sp³-hybridized carbons (Fsp3) is 0.629. The Labute approximate surface area is 305 Å². The van der Waals surface area contributed by atoms with E-state index in [-0.39, 0.29) is 39.1 Å². The number of carbonyl (C=O) groups is 5. The van der Waals surface area contributed by atoms with E-state index in [0.29, 0.717) is 30.0 Å². The normalized spacial score (nSPS) is 24.7. The highest BCUT2D eigenvalue weighted by Gasteiger charge is 2.62. The van der Waals surface area contributed by atoms with Crippen molar-refractivity contribution in [1.29, 1.82) is 0 Å². The van der Waals surface area contributed by atoms with Crippen molar-refractivity contribution >= 4 is 48.0 Å². The molecule has 2 aliphatic heterocycles. The molecule has 5 rings (SSSR count). The van der Waals surface area contributed by atoms with Crippen LogP contribution in [0.3, 0.4) is 0 Å². The second-order valence-corrected chi connectivity index (χ2v) is 24.1. The van der Waals surface area contributed by atoms with Gasteiger partial charge in [-0.1, -0.05) is 58.6 Å². The summed E-state index contributed by atoms with van der Waals surface area (Å²) in [5, 5.41) is 4.70. The van der Waals surface area contributed by atoms with E-state index in [9.17, 15) is 36.8 Å². The van der Waals surface area contributed by atoms with Crippen LogP contribution in [0.15, 0.2) is 30.9 Å². The monoisotopic (exact) mass is 763 g/mol. The third-order valence-corrected chi connectivity index (χ3v) is 13.5. The summed E-state index contributed by atoms with van der Waals surface area (Å²) in [5.74, 6) is -3.32. The SMILES string of the molecule is C=C[C@@H]1C[C@]1(NC(=O)[C@@H]1C[C@@H](OC(=O)N2Cc3cccc(F)c3C2)CN1C(=O)[C@@H](NC(=O)OCC[Si](C)(C)C)C(C)(C)C)C(=O)NS(=O)(=O)C1CC1. The van der Waals surface area contributed by atoms with Gasteiger partial charge in [-0.05, 0) is 42.4 Å². The van der Waals surface area contributed by atoms with Crippen LogP contribution >= 0.6 is 0 Å². The summed E-state index contributed by atoms with van der Waals surface area (Å²) in [6.07, 6.45) is -0.300. The van der Waals surface area contributed by atoms with Gasteiger partial charge in [0.1, 0.15) is 29.5 Å². The lowest BCUT2D eigenvalue weighted by Crippen LogP contribution is -2.60. The van der Waals surface area contributed by atoms with E-state index in [4.69, 9.17) is 9.47 Å². The number of rotatable bonds is 12. The van der Waals surface area contributed by atoms with Crippen LogP contribution in [0.25, 0.3) is 0 Å². The van der Waals surface area contributed by atoms with Gasteiger partial charge in [0.15, 0.2) is 0 Å². The van der Waals surface area contributed by atoms with E-state index < -0.39 is 94.1 Å². The summed E-state index contributed by atoms with van der Waals surface area (Å²) in [6, 6.07) is 2.85. The zero-order valence-electron chi connectivity index (χ0n) is 30.6. The van der Waals surface area contributed by atoms with Gasteiger partial charge in [0, 0.05) is 32.5 Å². The largest absolute Gasteiger partial charge is 0.450 e. The maximum Gasteiger partial charge on any atom is 0.410 e. The van der Waals surface area contributed by atoms with Gasteiger partial charge in [-0.25, -0.2) is 22.4 Å². The molecule has 1 saturated heterocycles. The minimum absolute atomic E-state index is 0.0136. The number of likely N-dealkylation sites (tertiary alicyclic amines) is 1. The van der Waals surface area contributed by atoms with Crippen molar-refractivity contribution < 1.29 is 46.3 Å². The first-order valence-corrected chi connectivity index (χ1v) is 22.9. The fourth-order valence-corrected chi connectivity index (χ4v) is 8.62. The number of fused-ring (bicyclic) bond motifs is 1. The van der Waals surface area contributed by atoms with Crippen molar-refractivity contribution in [3.05, 3.63) is 47.8 Å². The van der Waals surface area contributed by atoms with Crippen LogP contribution in [0.1, 0.15) is 57.6 Å². The summed E-state index contributed by atoms with van der Waals surface area (Å²) in [5.41, 5.74) is -1.46. The molecule has 2 heterocycles. The van der Waals surface area contributed by atoms with E-state index >= 15 is 0 Å². The van der Waals surface area contributed by atoms with Gasteiger partial charge in [0.2, 0.25) is 21.8 Å². The van der Waals surface area contributed by atoms with E-state index in [1.165, 1.54) is 21.9 Å². The molecule has 0 radical (unpaired) electrons. The Morgan fingerprint density at radius 3 is 2.40 bits per heavy atom. The molecular weight excluding hydrogens is 714 g/mol. The predicted molar refractivity (Wildman–Crippen MR) is 191 cm³/mol. The zero-order valence-corrected chi connectivity index (χ0v) is 32.4. The average Bonchev–Trinajstić information content (AvgIpc) is 3.93. The third kappa shape index (κ3) is 8.78. The number of nitrogens with zero attached hydrogens (tertiary/aromatic N) is 2. The Morgan fingerprint density at radius 2 is 1.83 bits per heavy atom. The molecule has 0 bridgehead atoms. The molecule has 3 fully saturated rings. The highest BCUT2D eigenvalue weighted by molar-refractivity contribution is 7.91. The van der Waals surface area contributed by atoms with Crippen LogP contribution < -0.4 is 15.4 Å². The number of halogens is 1. The first-order valence-electron chi connectivity index (χ1n) is 17.6. The summed E-state index contributed by atoms with van der Waals surface area (Å²) in [7, 11) is -5.45. The minimum Gasteiger partial charge on any atom is -0.450 e. The molecular formula is C35H50FN5O9SSi. The number of hydrogen-bond donors (Lipinski definition) is 3. The van der Waals surface area contributed by atoms with Crippen LogP contribution in [0.5, 0.6) is 0 Å². The van der Waals surface area contributed by atoms with Crippen LogP contribution in [0.2, 0.25) is 25.7 Å². The van der Waals surface area contributed by atoms with E-state index in [1.54, 1.807) is 32.9 Å². The molecule has 5 amide bonds. The van der Waals surface area contributed by atoms with Crippen molar-refractivity contribution in [3.63, 3.8) is 0 Å². The molecule has 4 aliphatic rings. The molecule has 14 nitrogen and oxygen atoms in total. The molecule has 1 aromatic rings. The average molecular weight is 764 g/mol. The number of amides is 5. The Hall–Kier alpha value is -3.99. The summed E-state index contributed by atoms with van der Waals surface area (Å²) in [6.45, 7) is 15.4. The van der Waals surface area contributed by atoms with Crippen molar-refractivity contribution in [2.45, 2.75) is 114 Å². The Balaban J connectivity index is 1.36. The number of carbonyl (C=O) groups excluding carboxylic acids is 5. The third-order valence-electron chi connectivity index (χ3n) is 10.0. The standard InChI is InChI=1S/C35H50FN5O9SSi/c1-8-22-17-35(22,31(44)39-51(47,48)24-12-13-24)38-29(42)27-16-23(50-33(46)40-18-21-10-9-11-26(36)25(21)20-40)19-41(27)30(43)28(34(2,3)4)37-32(45)49-14-15-52(5,6)7/h8-11,22-24,27-28H,1,12-20H2,2-7H3,(H,37,45)(H,38,42)(H,39,44)/t22-,23-,27+,28-,35-/m1/s1. The molecule has 0 aromatic heterocycles. The maximum atomic E-state index is 14.4. The van der Waals surface area contributed by atoms with Crippen LogP contribution in [0, 0.1) is 17.2 Å². The van der Waals surface area contributed by atoms with Gasteiger partial charge >= 0.3 is 12.2 Å². The molecule has 286 valence electrons. The van der Waals surface area contributed by atoms with Gasteiger partial charge in [-0.15, -0.1) is 6.58 Å². The van der Waals surface area contributed by atoms with Crippen molar-refractivity contribution in [2.75, 3.05) is 13.2 Å². The molecule has 5 atom stereocenters. The van der Waals surface area contributed by atoms with E-state index in [1.807, 2.05) is 0 Å². The first-order chi connectivity index (χ1) is 24.1. The second kappa shape index (κ2) is 14.4. The Kier molecular flexibility index (Phi) is 10.9. The Bertz CT molecular complexity index is 1740. The highest BCUT2D eigenvalue weighted by atomic mass is 32.2. The summed E-state index contributed by atoms with van der Waals surface area (Å²) >= 11 is 0. The molecule has 52 heavy (non-hydrogen) atoms. The van der Waals surface area contributed by atoms with Gasteiger partial charge in [-0.2, -0.15) is 0 Å². The molecule has 0 unspecified atom stereocenters. The van der Waals surface area contributed by atoms with Gasteiger partial charge in [0.25, 0.3) is 5.91 Å². The highest BCUT2D eigenvalue weighted by Crippen LogP contribution is 2.45. The molecule has 1 aromatic carbocycles. The molecule has 2 saturated carbocycles. The van der Waals surface area contributed by atoms with Crippen LogP contribution in [-0.4, -0.2) is 98.3 Å². The zero-order chi connectivity index (χ0) is 38.4. The summed E-state index contributed by atoms with van der Waals surface area (Å²) < 4.78 is 53.0. The first kappa shape index (κ1) is 39.2. The maximum absolute atomic E-state index is 14.4. The lowest BCUT2D eigenvalue weighted by atomic mass is 9.85. The Morgan fingerprint density at radius 1 is 1.13 bits per heavy atom. The van der Waals surface area contributed by atoms with Crippen LogP contribution in [-0.2, 0) is 47.0 Å². The molecule has 0 spiro atoms. The number of ether oxygens (including phenoxy) is 2. The number of hydrogen-bond acceptors (Lipinski definition) is 9.